The van der Waals surface area contributed by atoms with Crippen LogP contribution in [0.5, 0.6) is 0 Å². The van der Waals surface area contributed by atoms with Crippen molar-refractivity contribution in [3.63, 3.8) is 0 Å². The molecule has 0 aliphatic heterocycles. The van der Waals surface area contributed by atoms with Gasteiger partial charge in [-0.1, -0.05) is 0 Å². The summed E-state index contributed by atoms with van der Waals surface area (Å²) in [7, 11) is 1.71. The lowest BCUT2D eigenvalue weighted by atomic mass is 10.3. The zero-order valence-electron chi connectivity index (χ0n) is 9.97. The molecule has 6 heteroatoms. The van der Waals surface area contributed by atoms with Gasteiger partial charge in [-0.3, -0.25) is 9.78 Å². The molecule has 0 aliphatic carbocycles. The van der Waals surface area contributed by atoms with Gasteiger partial charge in [-0.05, 0) is 6.92 Å². The van der Waals surface area contributed by atoms with E-state index in [2.05, 4.69) is 15.3 Å². The lowest BCUT2D eigenvalue weighted by Crippen LogP contribution is -2.32. The van der Waals surface area contributed by atoms with Gasteiger partial charge in [-0.15, -0.1) is 0 Å². The minimum Gasteiger partial charge on any atom is -0.372 e. The third-order valence-electron chi connectivity index (χ3n) is 2.27. The first kappa shape index (κ1) is 12.9. The normalized spacial score (nSPS) is 9.47. The van der Waals surface area contributed by atoms with Crippen molar-refractivity contribution < 1.29 is 4.79 Å². The first-order valence-corrected chi connectivity index (χ1v) is 5.39. The average Bonchev–Trinajstić information content (AvgIpc) is 2.39. The zero-order chi connectivity index (χ0) is 12.7. The summed E-state index contributed by atoms with van der Waals surface area (Å²) < 4.78 is 0. The average molecular weight is 233 g/mol. The number of nitrogens with one attached hydrogen (secondary N) is 1. The number of hydrogen-bond acceptors (Lipinski definition) is 5. The Kier molecular flexibility index (Phi) is 4.88. The van der Waals surface area contributed by atoms with E-state index in [9.17, 15) is 4.79 Å². The molecule has 0 aromatic carbocycles. The van der Waals surface area contributed by atoms with Crippen molar-refractivity contribution in [3.8, 4) is 6.07 Å². The molecular formula is C11H15N5O. The van der Waals surface area contributed by atoms with Crippen LogP contribution in [0.25, 0.3) is 0 Å². The number of carbonyl (C=O) groups is 1. The van der Waals surface area contributed by atoms with E-state index in [1.54, 1.807) is 18.1 Å². The molecule has 0 unspecified atom stereocenters. The SMILES string of the molecule is CCN(CCC#N)C(=O)c1cncc(NC)n1. The van der Waals surface area contributed by atoms with Crippen LogP contribution in [0.4, 0.5) is 5.82 Å². The molecule has 90 valence electrons. The number of nitriles is 1. The Hall–Kier alpha value is -2.16. The minimum absolute atomic E-state index is 0.202. The maximum atomic E-state index is 12.0. The van der Waals surface area contributed by atoms with Crippen molar-refractivity contribution >= 4 is 11.7 Å². The van der Waals surface area contributed by atoms with Crippen molar-refractivity contribution in [1.82, 2.24) is 14.9 Å². The highest BCUT2D eigenvalue weighted by Crippen LogP contribution is 2.05. The van der Waals surface area contributed by atoms with Crippen LogP contribution in [-0.4, -0.2) is 40.9 Å². The van der Waals surface area contributed by atoms with Crippen molar-refractivity contribution in [2.45, 2.75) is 13.3 Å². The van der Waals surface area contributed by atoms with Crippen LogP contribution >= 0.6 is 0 Å². The Morgan fingerprint density at radius 2 is 2.35 bits per heavy atom. The van der Waals surface area contributed by atoms with Gasteiger partial charge in [-0.25, -0.2) is 4.98 Å². The predicted octanol–water partition coefficient (Wildman–Crippen LogP) is 0.894. The number of hydrogen-bond donors (Lipinski definition) is 1. The number of carbonyl (C=O) groups excluding carboxylic acids is 1. The van der Waals surface area contributed by atoms with Gasteiger partial charge in [-0.2, -0.15) is 5.26 Å². The second-order valence-electron chi connectivity index (χ2n) is 3.33. The van der Waals surface area contributed by atoms with Crippen LogP contribution in [0.3, 0.4) is 0 Å². The molecule has 1 aromatic rings. The standard InChI is InChI=1S/C11H15N5O/c1-3-16(6-4-5-12)11(17)9-7-14-8-10(13-2)15-9/h7-8H,3-4,6H2,1-2H3,(H,13,15). The molecule has 6 nitrogen and oxygen atoms in total. The van der Waals surface area contributed by atoms with E-state index in [0.717, 1.165) is 0 Å². The fourth-order valence-corrected chi connectivity index (χ4v) is 1.34. The van der Waals surface area contributed by atoms with Crippen molar-refractivity contribution in [1.29, 1.82) is 5.26 Å². The molecule has 17 heavy (non-hydrogen) atoms. The number of rotatable bonds is 5. The van der Waals surface area contributed by atoms with Gasteiger partial charge < -0.3 is 10.2 Å². The second-order valence-corrected chi connectivity index (χ2v) is 3.33. The molecule has 0 saturated carbocycles. The van der Waals surface area contributed by atoms with Gasteiger partial charge in [0.15, 0.2) is 0 Å². The van der Waals surface area contributed by atoms with E-state index in [-0.39, 0.29) is 11.6 Å². The summed E-state index contributed by atoms with van der Waals surface area (Å²) >= 11 is 0. The van der Waals surface area contributed by atoms with Crippen LogP contribution < -0.4 is 5.32 Å². The maximum absolute atomic E-state index is 12.0. The van der Waals surface area contributed by atoms with Gasteiger partial charge in [0.05, 0.1) is 24.9 Å². The third kappa shape index (κ3) is 3.41. The Labute approximate surface area is 100 Å². The fourth-order valence-electron chi connectivity index (χ4n) is 1.34. The Balaban J connectivity index is 2.82. The first-order chi connectivity index (χ1) is 8.22. The molecule has 0 fully saturated rings. The number of amides is 1. The third-order valence-corrected chi connectivity index (χ3v) is 2.27. The van der Waals surface area contributed by atoms with Crippen molar-refractivity contribution in [2.24, 2.45) is 0 Å². The van der Waals surface area contributed by atoms with Crippen molar-refractivity contribution in [3.05, 3.63) is 18.1 Å². The topological polar surface area (TPSA) is 81.9 Å². The summed E-state index contributed by atoms with van der Waals surface area (Å²) in [4.78, 5) is 21.7. The van der Waals surface area contributed by atoms with E-state index < -0.39 is 0 Å². The smallest absolute Gasteiger partial charge is 0.274 e. The summed E-state index contributed by atoms with van der Waals surface area (Å²) in [5.74, 6) is 0.347. The molecular weight excluding hydrogens is 218 g/mol. The van der Waals surface area contributed by atoms with Crippen LogP contribution in [0.15, 0.2) is 12.4 Å². The molecule has 0 spiro atoms. The van der Waals surface area contributed by atoms with Crippen LogP contribution in [0.2, 0.25) is 0 Å². The van der Waals surface area contributed by atoms with Crippen LogP contribution in [0.1, 0.15) is 23.8 Å². The Morgan fingerprint density at radius 3 is 2.94 bits per heavy atom. The summed E-state index contributed by atoms with van der Waals surface area (Å²) in [5, 5.41) is 11.3. The highest BCUT2D eigenvalue weighted by molar-refractivity contribution is 5.92. The van der Waals surface area contributed by atoms with E-state index in [1.165, 1.54) is 6.20 Å². The molecule has 1 N–H and O–H groups in total. The first-order valence-electron chi connectivity index (χ1n) is 5.39. The molecule has 1 heterocycles. The number of anilines is 1. The molecule has 0 saturated heterocycles. The maximum Gasteiger partial charge on any atom is 0.274 e. The summed E-state index contributed by atoms with van der Waals surface area (Å²) in [6, 6.07) is 2.02. The van der Waals surface area contributed by atoms with Crippen molar-refractivity contribution in [2.75, 3.05) is 25.5 Å². The molecule has 0 radical (unpaired) electrons. The van der Waals surface area contributed by atoms with Crippen LogP contribution in [-0.2, 0) is 0 Å². The molecule has 1 rings (SSSR count). The molecule has 1 aromatic heterocycles. The van der Waals surface area contributed by atoms with Crippen LogP contribution in [0, 0.1) is 11.3 Å². The van der Waals surface area contributed by atoms with Gasteiger partial charge >= 0.3 is 0 Å². The zero-order valence-corrected chi connectivity index (χ0v) is 9.97. The summed E-state index contributed by atoms with van der Waals surface area (Å²) in [5.41, 5.74) is 0.289. The molecule has 0 bridgehead atoms. The lowest BCUT2D eigenvalue weighted by molar-refractivity contribution is 0.0761. The Bertz CT molecular complexity index is 426. The van der Waals surface area contributed by atoms with Gasteiger partial charge in [0.1, 0.15) is 11.5 Å². The molecule has 1 amide bonds. The van der Waals surface area contributed by atoms with Gasteiger partial charge in [0.25, 0.3) is 5.91 Å². The quantitative estimate of drug-likeness (QED) is 0.816. The summed E-state index contributed by atoms with van der Waals surface area (Å²) in [6.45, 7) is 2.83. The summed E-state index contributed by atoms with van der Waals surface area (Å²) in [6.07, 6.45) is 3.29. The number of nitrogens with zero attached hydrogens (tertiary/aromatic N) is 4. The van der Waals surface area contributed by atoms with Gasteiger partial charge in [0.2, 0.25) is 0 Å². The Morgan fingerprint density at radius 1 is 1.59 bits per heavy atom. The largest absolute Gasteiger partial charge is 0.372 e. The monoisotopic (exact) mass is 233 g/mol. The van der Waals surface area contributed by atoms with E-state index >= 15 is 0 Å². The minimum atomic E-state index is -0.202. The highest BCUT2D eigenvalue weighted by Gasteiger charge is 2.15. The predicted molar refractivity (Wildman–Crippen MR) is 63.4 cm³/mol. The molecule has 0 aliphatic rings. The number of aromatic nitrogens is 2. The molecule has 0 atom stereocenters. The van der Waals surface area contributed by atoms with E-state index in [1.807, 2.05) is 13.0 Å². The lowest BCUT2D eigenvalue weighted by Gasteiger charge is -2.18. The second kappa shape index (κ2) is 6.43. The van der Waals surface area contributed by atoms with Gasteiger partial charge in [0, 0.05) is 20.1 Å². The van der Waals surface area contributed by atoms with E-state index in [4.69, 9.17) is 5.26 Å². The highest BCUT2D eigenvalue weighted by atomic mass is 16.2. The fraction of sp³-hybridized carbons (Fsp3) is 0.455. The van der Waals surface area contributed by atoms with E-state index in [0.29, 0.717) is 25.3 Å².